The molecule has 0 bridgehead atoms. The summed E-state index contributed by atoms with van der Waals surface area (Å²) in [4.78, 5) is 20.7. The molecular weight excluding hydrogens is 386 g/mol. The van der Waals surface area contributed by atoms with E-state index in [1.165, 1.54) is 16.5 Å². The molecule has 31 heavy (non-hydrogen) atoms. The Morgan fingerprint density at radius 2 is 1.97 bits per heavy atom. The Balaban J connectivity index is 1.57. The van der Waals surface area contributed by atoms with Crippen LogP contribution < -0.4 is 5.32 Å². The summed E-state index contributed by atoms with van der Waals surface area (Å²) in [6.07, 6.45) is 2.95. The molecule has 2 N–H and O–H groups in total. The smallest absolute Gasteiger partial charge is 0.220 e. The zero-order valence-electron chi connectivity index (χ0n) is 18.2. The third kappa shape index (κ3) is 4.94. The Labute approximate surface area is 182 Å². The molecule has 160 valence electrons. The Hall–Kier alpha value is -3.18. The van der Waals surface area contributed by atoms with Crippen molar-refractivity contribution in [2.24, 2.45) is 0 Å². The highest BCUT2D eigenvalue weighted by molar-refractivity contribution is 5.92. The monoisotopic (exact) mass is 415 g/mol. The van der Waals surface area contributed by atoms with Crippen LogP contribution in [0.2, 0.25) is 0 Å². The van der Waals surface area contributed by atoms with Crippen molar-refractivity contribution >= 4 is 27.7 Å². The van der Waals surface area contributed by atoms with Crippen molar-refractivity contribution < 1.29 is 9.53 Å². The molecule has 0 fully saturated rings. The average molecular weight is 416 g/mol. The quantitative estimate of drug-likeness (QED) is 0.371. The number of H-pyrrole nitrogens is 1. The minimum atomic E-state index is 0.0949. The third-order valence-corrected chi connectivity index (χ3v) is 5.59. The first kappa shape index (κ1) is 21.1. The van der Waals surface area contributed by atoms with Gasteiger partial charge in [0.15, 0.2) is 0 Å². The van der Waals surface area contributed by atoms with Gasteiger partial charge in [-0.1, -0.05) is 35.9 Å². The van der Waals surface area contributed by atoms with Crippen LogP contribution >= 0.6 is 0 Å². The summed E-state index contributed by atoms with van der Waals surface area (Å²) in [5.74, 6) is 0.0949. The van der Waals surface area contributed by atoms with E-state index in [9.17, 15) is 4.79 Å². The van der Waals surface area contributed by atoms with Crippen LogP contribution in [-0.2, 0) is 16.0 Å². The topological polar surface area (TPSA) is 67.0 Å². The highest BCUT2D eigenvalue weighted by atomic mass is 16.5. The lowest BCUT2D eigenvalue weighted by Gasteiger charge is -2.07. The molecule has 2 aromatic heterocycles. The van der Waals surface area contributed by atoms with Crippen LogP contribution in [0.25, 0.3) is 33.2 Å². The molecule has 0 radical (unpaired) electrons. The van der Waals surface area contributed by atoms with E-state index in [1.54, 1.807) is 7.11 Å². The van der Waals surface area contributed by atoms with E-state index < -0.39 is 0 Å². The van der Waals surface area contributed by atoms with Crippen molar-refractivity contribution in [1.29, 1.82) is 0 Å². The average Bonchev–Trinajstić information content (AvgIpc) is 3.14. The van der Waals surface area contributed by atoms with Crippen molar-refractivity contribution in [3.05, 3.63) is 65.7 Å². The summed E-state index contributed by atoms with van der Waals surface area (Å²) in [5.41, 5.74) is 6.53. The molecule has 0 spiro atoms. The Bertz CT molecular complexity index is 1200. The number of rotatable bonds is 9. The van der Waals surface area contributed by atoms with Crippen LogP contribution in [0.1, 0.15) is 30.4 Å². The predicted octanol–water partition coefficient (Wildman–Crippen LogP) is 5.17. The number of amides is 1. The van der Waals surface area contributed by atoms with Crippen LogP contribution in [-0.4, -0.2) is 36.1 Å². The van der Waals surface area contributed by atoms with Crippen LogP contribution in [0.3, 0.4) is 0 Å². The molecule has 5 heteroatoms. The summed E-state index contributed by atoms with van der Waals surface area (Å²) < 4.78 is 5.03. The van der Waals surface area contributed by atoms with Gasteiger partial charge in [-0.05, 0) is 56.0 Å². The third-order valence-electron chi connectivity index (χ3n) is 5.59. The van der Waals surface area contributed by atoms with E-state index in [4.69, 9.17) is 9.72 Å². The van der Waals surface area contributed by atoms with Crippen LogP contribution in [0, 0.1) is 6.92 Å². The van der Waals surface area contributed by atoms with E-state index in [2.05, 4.69) is 53.6 Å². The van der Waals surface area contributed by atoms with Crippen molar-refractivity contribution in [2.75, 3.05) is 20.3 Å². The molecule has 2 heterocycles. The predicted molar refractivity (Wildman–Crippen MR) is 126 cm³/mol. The number of aromatic nitrogens is 2. The number of nitrogens with one attached hydrogen (secondary N) is 2. The van der Waals surface area contributed by atoms with Crippen molar-refractivity contribution in [2.45, 2.75) is 32.6 Å². The standard InChI is InChI=1S/C26H29N3O2/c1-18-11-13-23-21(17-18)20(8-5-10-25(30)27-15-6-16-31-2)26(29-23)24-14-12-19-7-3-4-9-22(19)28-24/h3-4,7,9,11-14,17,29H,5-6,8,10,15-16H2,1-2H3,(H,27,30). The molecule has 4 aromatic rings. The first-order valence-corrected chi connectivity index (χ1v) is 10.9. The number of ether oxygens (including phenoxy) is 1. The van der Waals surface area contributed by atoms with Gasteiger partial charge in [-0.25, -0.2) is 4.98 Å². The summed E-state index contributed by atoms with van der Waals surface area (Å²) >= 11 is 0. The SMILES string of the molecule is COCCCNC(=O)CCCc1c(-c2ccc3ccccc3n2)[nH]c2ccc(C)cc12. The van der Waals surface area contributed by atoms with Gasteiger partial charge in [0.05, 0.1) is 16.9 Å². The van der Waals surface area contributed by atoms with Gasteiger partial charge in [0.2, 0.25) is 5.91 Å². The number of fused-ring (bicyclic) bond motifs is 2. The van der Waals surface area contributed by atoms with Crippen LogP contribution in [0.5, 0.6) is 0 Å². The second-order valence-corrected chi connectivity index (χ2v) is 7.97. The number of hydrogen-bond acceptors (Lipinski definition) is 3. The lowest BCUT2D eigenvalue weighted by Crippen LogP contribution is -2.24. The highest BCUT2D eigenvalue weighted by Crippen LogP contribution is 2.32. The molecule has 0 saturated heterocycles. The molecule has 0 aliphatic heterocycles. The largest absolute Gasteiger partial charge is 0.385 e. The van der Waals surface area contributed by atoms with E-state index in [1.807, 2.05) is 18.2 Å². The number of pyridine rings is 1. The normalized spacial score (nSPS) is 11.3. The summed E-state index contributed by atoms with van der Waals surface area (Å²) in [7, 11) is 1.67. The van der Waals surface area contributed by atoms with E-state index >= 15 is 0 Å². The number of para-hydroxylation sites is 1. The number of methoxy groups -OCH3 is 1. The maximum Gasteiger partial charge on any atom is 0.220 e. The summed E-state index contributed by atoms with van der Waals surface area (Å²) in [6.45, 7) is 3.43. The number of carbonyl (C=O) groups excluding carboxylic acids is 1. The summed E-state index contributed by atoms with van der Waals surface area (Å²) in [6, 6.07) is 18.8. The van der Waals surface area contributed by atoms with Gasteiger partial charge in [-0.2, -0.15) is 0 Å². The van der Waals surface area contributed by atoms with Gasteiger partial charge in [-0.3, -0.25) is 4.79 Å². The van der Waals surface area contributed by atoms with Gasteiger partial charge in [-0.15, -0.1) is 0 Å². The fourth-order valence-corrected chi connectivity index (χ4v) is 4.00. The molecule has 0 aliphatic carbocycles. The van der Waals surface area contributed by atoms with Crippen LogP contribution in [0.15, 0.2) is 54.6 Å². The van der Waals surface area contributed by atoms with Gasteiger partial charge in [0.1, 0.15) is 0 Å². The number of benzene rings is 2. The molecule has 0 aliphatic rings. The Morgan fingerprint density at radius 1 is 1.10 bits per heavy atom. The maximum absolute atomic E-state index is 12.2. The first-order chi connectivity index (χ1) is 15.2. The maximum atomic E-state index is 12.2. The zero-order valence-corrected chi connectivity index (χ0v) is 18.2. The van der Waals surface area contributed by atoms with Crippen molar-refractivity contribution in [3.63, 3.8) is 0 Å². The van der Waals surface area contributed by atoms with Crippen molar-refractivity contribution in [1.82, 2.24) is 15.3 Å². The second-order valence-electron chi connectivity index (χ2n) is 7.97. The number of aromatic amines is 1. The minimum absolute atomic E-state index is 0.0949. The number of nitrogens with zero attached hydrogens (tertiary/aromatic N) is 1. The lowest BCUT2D eigenvalue weighted by molar-refractivity contribution is -0.121. The fourth-order valence-electron chi connectivity index (χ4n) is 4.00. The number of carbonyl (C=O) groups is 1. The molecular formula is C26H29N3O2. The minimum Gasteiger partial charge on any atom is -0.385 e. The van der Waals surface area contributed by atoms with E-state index in [0.29, 0.717) is 19.6 Å². The Kier molecular flexibility index (Phi) is 6.63. The lowest BCUT2D eigenvalue weighted by atomic mass is 10.0. The van der Waals surface area contributed by atoms with Gasteiger partial charge in [0, 0.05) is 43.0 Å². The Morgan fingerprint density at radius 3 is 2.84 bits per heavy atom. The molecule has 2 aromatic carbocycles. The molecule has 0 atom stereocenters. The second kappa shape index (κ2) is 9.75. The van der Waals surface area contributed by atoms with E-state index in [-0.39, 0.29) is 5.91 Å². The molecule has 0 saturated carbocycles. The number of hydrogen-bond donors (Lipinski definition) is 2. The molecule has 1 amide bonds. The molecule has 5 nitrogen and oxygen atoms in total. The van der Waals surface area contributed by atoms with Crippen LogP contribution in [0.4, 0.5) is 0 Å². The van der Waals surface area contributed by atoms with Gasteiger partial charge >= 0.3 is 0 Å². The van der Waals surface area contributed by atoms with E-state index in [0.717, 1.165) is 47.1 Å². The van der Waals surface area contributed by atoms with Gasteiger partial charge < -0.3 is 15.0 Å². The van der Waals surface area contributed by atoms with Gasteiger partial charge in [0.25, 0.3) is 0 Å². The fraction of sp³-hybridized carbons (Fsp3) is 0.308. The zero-order chi connectivity index (χ0) is 21.6. The summed E-state index contributed by atoms with van der Waals surface area (Å²) in [5, 5.41) is 5.31. The molecule has 0 unspecified atom stereocenters. The van der Waals surface area contributed by atoms with Crippen molar-refractivity contribution in [3.8, 4) is 11.4 Å². The first-order valence-electron chi connectivity index (χ1n) is 10.9. The molecule has 4 rings (SSSR count). The number of aryl methyl sites for hydroxylation is 2. The highest BCUT2D eigenvalue weighted by Gasteiger charge is 2.15.